The monoisotopic (exact) mass is 448 g/mol. The molecule has 1 saturated carbocycles. The Morgan fingerprint density at radius 2 is 1.62 bits per heavy atom. The van der Waals surface area contributed by atoms with Gasteiger partial charge in [0.15, 0.2) is 0 Å². The smallest absolute Gasteiger partial charge is 0.398 e. The lowest BCUT2D eigenvalue weighted by Crippen LogP contribution is -2.18. The number of benzene rings is 1. The van der Waals surface area contributed by atoms with E-state index in [4.69, 9.17) is 11.5 Å². The van der Waals surface area contributed by atoms with Crippen LogP contribution in [0, 0.1) is 6.92 Å². The highest BCUT2D eigenvalue weighted by atomic mass is 19.4. The molecule has 9 heteroatoms. The van der Waals surface area contributed by atoms with Gasteiger partial charge in [0, 0.05) is 22.9 Å². The first-order valence-electron chi connectivity index (χ1n) is 10.4. The number of rotatable bonds is 1. The molecular weight excluding hydrogens is 421 g/mol. The molecule has 1 fully saturated rings. The third-order valence-corrected chi connectivity index (χ3v) is 4.94. The number of fused-ring (bicyclic) bond motifs is 1. The maximum Gasteiger partial charge on any atom is 0.433 e. The fourth-order valence-electron chi connectivity index (χ4n) is 3.22. The van der Waals surface area contributed by atoms with E-state index in [9.17, 15) is 22.8 Å². The number of nitrogen functional groups attached to an aromatic ring is 1. The van der Waals surface area contributed by atoms with E-state index < -0.39 is 17.8 Å². The van der Waals surface area contributed by atoms with E-state index in [-0.39, 0.29) is 23.5 Å². The van der Waals surface area contributed by atoms with Crippen molar-refractivity contribution in [1.29, 1.82) is 0 Å². The normalized spacial score (nSPS) is 15.8. The fraction of sp³-hybridized carbons (Fsp3) is 0.391. The minimum Gasteiger partial charge on any atom is -0.398 e. The van der Waals surface area contributed by atoms with Crippen LogP contribution in [0.5, 0.6) is 0 Å². The number of aryl methyl sites for hydroxylation is 1. The lowest BCUT2D eigenvalue weighted by atomic mass is 10.0. The zero-order valence-corrected chi connectivity index (χ0v) is 17.9. The number of dihydropyridines is 1. The Morgan fingerprint density at radius 1 is 1.03 bits per heavy atom. The molecular formula is C23H27F3N4O2. The van der Waals surface area contributed by atoms with Crippen LogP contribution in [-0.2, 0) is 15.8 Å². The molecule has 172 valence electrons. The molecule has 6 nitrogen and oxygen atoms in total. The number of allylic oxidation sites excluding steroid dienone is 1. The summed E-state index contributed by atoms with van der Waals surface area (Å²) in [4.78, 5) is 27.9. The van der Waals surface area contributed by atoms with E-state index >= 15 is 0 Å². The highest BCUT2D eigenvalue weighted by Crippen LogP contribution is 2.32. The van der Waals surface area contributed by atoms with Crippen LogP contribution in [0.15, 0.2) is 40.9 Å². The maximum absolute atomic E-state index is 12.5. The van der Waals surface area contributed by atoms with Gasteiger partial charge in [0.05, 0.1) is 11.9 Å². The number of aliphatic imine (C=N–C) groups is 1. The van der Waals surface area contributed by atoms with Crippen LogP contribution in [0.4, 0.5) is 18.9 Å². The number of primary amides is 1. The van der Waals surface area contributed by atoms with Crippen molar-refractivity contribution in [2.45, 2.75) is 58.0 Å². The number of carbonyl (C=O) groups excluding carboxylic acids is 2. The van der Waals surface area contributed by atoms with Crippen LogP contribution in [0.25, 0.3) is 10.9 Å². The zero-order valence-electron chi connectivity index (χ0n) is 17.9. The second kappa shape index (κ2) is 11.4. The Balaban J connectivity index is 0.000000192. The van der Waals surface area contributed by atoms with Gasteiger partial charge in [0.2, 0.25) is 11.8 Å². The molecule has 2 aromatic rings. The minimum absolute atomic E-state index is 0.0336. The molecule has 2 heterocycles. The molecule has 0 bridgehead atoms. The Kier molecular flexibility index (Phi) is 8.92. The zero-order chi connectivity index (χ0) is 23.7. The van der Waals surface area contributed by atoms with E-state index in [1.54, 1.807) is 12.1 Å². The number of anilines is 1. The predicted molar refractivity (Wildman–Crippen MR) is 119 cm³/mol. The summed E-state index contributed by atoms with van der Waals surface area (Å²) >= 11 is 0. The van der Waals surface area contributed by atoms with Gasteiger partial charge in [-0.25, -0.2) is 9.98 Å². The third-order valence-electron chi connectivity index (χ3n) is 4.94. The van der Waals surface area contributed by atoms with Gasteiger partial charge in [-0.1, -0.05) is 50.2 Å². The highest BCUT2D eigenvalue weighted by molar-refractivity contribution is 6.05. The number of hydrogen-bond acceptors (Lipinski definition) is 4. The van der Waals surface area contributed by atoms with Crippen LogP contribution in [0.3, 0.4) is 0 Å². The molecule has 1 aliphatic carbocycles. The molecule has 4 rings (SSSR count). The van der Waals surface area contributed by atoms with Crippen molar-refractivity contribution < 1.29 is 22.8 Å². The minimum atomic E-state index is -4.47. The van der Waals surface area contributed by atoms with Gasteiger partial charge in [-0.2, -0.15) is 13.2 Å². The number of alkyl halides is 3. The Hall–Kier alpha value is -3.23. The molecule has 1 aromatic carbocycles. The van der Waals surface area contributed by atoms with Gasteiger partial charge >= 0.3 is 6.18 Å². The number of hydrogen-bond donors (Lipinski definition) is 2. The lowest BCUT2D eigenvalue weighted by molar-refractivity contribution is -0.140. The summed E-state index contributed by atoms with van der Waals surface area (Å²) in [7, 11) is 0. The summed E-state index contributed by atoms with van der Waals surface area (Å²) in [6.07, 6.45) is 7.30. The van der Waals surface area contributed by atoms with Gasteiger partial charge in [-0.3, -0.25) is 9.59 Å². The topological polar surface area (TPSA) is 111 Å². The number of carbonyl (C=O) groups is 2. The summed E-state index contributed by atoms with van der Waals surface area (Å²) < 4.78 is 37.4. The molecule has 0 unspecified atom stereocenters. The SMILES string of the molecule is C1CCCCC1.Cc1ccc2nc(C(F)(F)F)cc(N)c2c1.NC(=O)C1=CC=NC(=O)C1. The van der Waals surface area contributed by atoms with Crippen molar-refractivity contribution in [1.82, 2.24) is 4.98 Å². The van der Waals surface area contributed by atoms with Crippen LogP contribution in [0.1, 0.15) is 56.2 Å². The average Bonchev–Trinajstić information content (AvgIpc) is 2.75. The predicted octanol–water partition coefficient (Wildman–Crippen LogP) is 4.88. The summed E-state index contributed by atoms with van der Waals surface area (Å²) in [6, 6.07) is 5.82. The van der Waals surface area contributed by atoms with E-state index in [1.807, 2.05) is 6.92 Å². The van der Waals surface area contributed by atoms with Gasteiger partial charge in [-0.05, 0) is 31.2 Å². The summed E-state index contributed by atoms with van der Waals surface area (Å²) in [5, 5.41) is 0.549. The number of nitrogens with two attached hydrogens (primary N) is 2. The standard InChI is InChI=1S/C11H9F3N2.C6H6N2O2.C6H12/c1-6-2-3-9-7(4-6)8(15)5-10(16-9)11(12,13)14;7-6(10)4-1-2-8-5(9)3-4;1-2-4-6-5-3-1/h2-5H,1H3,(H2,15,16);1-2H,3H2,(H2,7,10);1-6H2. The first-order valence-corrected chi connectivity index (χ1v) is 10.4. The Morgan fingerprint density at radius 3 is 2.09 bits per heavy atom. The molecule has 0 saturated heterocycles. The number of pyridine rings is 1. The van der Waals surface area contributed by atoms with Crippen LogP contribution in [-0.4, -0.2) is 23.0 Å². The van der Waals surface area contributed by atoms with Gasteiger partial charge in [0.1, 0.15) is 5.69 Å². The number of amides is 2. The molecule has 1 aromatic heterocycles. The molecule has 2 aliphatic rings. The molecule has 0 atom stereocenters. The van der Waals surface area contributed by atoms with Gasteiger partial charge in [-0.15, -0.1) is 0 Å². The lowest BCUT2D eigenvalue weighted by Gasteiger charge is -2.09. The summed E-state index contributed by atoms with van der Waals surface area (Å²) in [6.45, 7) is 1.84. The van der Waals surface area contributed by atoms with E-state index in [0.717, 1.165) is 11.6 Å². The van der Waals surface area contributed by atoms with E-state index in [0.29, 0.717) is 11.0 Å². The summed E-state index contributed by atoms with van der Waals surface area (Å²) in [5.41, 5.74) is 11.1. The van der Waals surface area contributed by atoms with Crippen LogP contribution in [0.2, 0.25) is 0 Å². The molecule has 4 N–H and O–H groups in total. The van der Waals surface area contributed by atoms with Gasteiger partial charge < -0.3 is 11.5 Å². The van der Waals surface area contributed by atoms with E-state index in [2.05, 4.69) is 9.98 Å². The van der Waals surface area contributed by atoms with E-state index in [1.165, 1.54) is 56.9 Å². The first-order chi connectivity index (χ1) is 15.1. The molecule has 2 amide bonds. The number of nitrogens with zero attached hydrogens (tertiary/aromatic N) is 2. The number of halogens is 3. The molecule has 0 radical (unpaired) electrons. The van der Waals surface area contributed by atoms with Crippen molar-refractivity contribution in [3.8, 4) is 0 Å². The van der Waals surface area contributed by atoms with Crippen molar-refractivity contribution in [3.63, 3.8) is 0 Å². The van der Waals surface area contributed by atoms with Crippen molar-refractivity contribution in [3.05, 3.63) is 47.2 Å². The van der Waals surface area contributed by atoms with Crippen LogP contribution < -0.4 is 11.5 Å². The van der Waals surface area contributed by atoms with Crippen LogP contribution >= 0.6 is 0 Å². The fourth-order valence-corrected chi connectivity index (χ4v) is 3.22. The van der Waals surface area contributed by atoms with Gasteiger partial charge in [0.25, 0.3) is 0 Å². The first kappa shape index (κ1) is 25.0. The number of aromatic nitrogens is 1. The molecule has 32 heavy (non-hydrogen) atoms. The second-order valence-electron chi connectivity index (χ2n) is 7.64. The summed E-state index contributed by atoms with van der Waals surface area (Å²) in [5.74, 6) is -0.879. The van der Waals surface area contributed by atoms with Crippen molar-refractivity contribution >= 4 is 34.6 Å². The van der Waals surface area contributed by atoms with Crippen molar-refractivity contribution in [2.24, 2.45) is 10.7 Å². The Labute approximate surface area is 184 Å². The molecule has 0 spiro atoms. The third kappa shape index (κ3) is 7.79. The maximum atomic E-state index is 12.5. The van der Waals surface area contributed by atoms with Crippen molar-refractivity contribution in [2.75, 3.05) is 5.73 Å². The largest absolute Gasteiger partial charge is 0.433 e. The quantitative estimate of drug-likeness (QED) is 0.647. The highest BCUT2D eigenvalue weighted by Gasteiger charge is 2.33. The second-order valence-corrected chi connectivity index (χ2v) is 7.64. The Bertz CT molecular complexity index is 1010. The average molecular weight is 448 g/mol. The molecule has 1 aliphatic heterocycles.